The van der Waals surface area contributed by atoms with Gasteiger partial charge in [-0.2, -0.15) is 0 Å². The number of hydrogen-bond acceptors (Lipinski definition) is 2. The fourth-order valence-corrected chi connectivity index (χ4v) is 3.77. The summed E-state index contributed by atoms with van der Waals surface area (Å²) in [6.07, 6.45) is 3.92. The lowest BCUT2D eigenvalue weighted by Gasteiger charge is -2.09. The summed E-state index contributed by atoms with van der Waals surface area (Å²) in [7, 11) is 2.06. The Morgan fingerprint density at radius 2 is 1.72 bits per heavy atom. The van der Waals surface area contributed by atoms with Crippen LogP contribution in [0.2, 0.25) is 0 Å². The van der Waals surface area contributed by atoms with Gasteiger partial charge < -0.3 is 4.42 Å². The van der Waals surface area contributed by atoms with Crippen molar-refractivity contribution in [2.24, 2.45) is 7.05 Å². The highest BCUT2D eigenvalue weighted by atomic mass is 16.3. The van der Waals surface area contributed by atoms with Crippen LogP contribution >= 0.6 is 0 Å². The topological polar surface area (TPSA) is 29.9 Å². The SMILES string of the molecule is Cc1c(-c2cccc[n+]2C)c2oc3ccccc3c2c2cccnc12. The molecule has 0 aliphatic carbocycles. The minimum atomic E-state index is 0.910. The second-order valence-electron chi connectivity index (χ2n) is 6.40. The number of pyridine rings is 2. The first-order chi connectivity index (χ1) is 12.3. The van der Waals surface area contributed by atoms with Crippen LogP contribution in [0.5, 0.6) is 0 Å². The lowest BCUT2D eigenvalue weighted by molar-refractivity contribution is -0.660. The van der Waals surface area contributed by atoms with Gasteiger partial charge in [-0.05, 0) is 30.7 Å². The number of aryl methyl sites for hydroxylation is 2. The van der Waals surface area contributed by atoms with Crippen molar-refractivity contribution in [1.29, 1.82) is 0 Å². The van der Waals surface area contributed by atoms with Crippen LogP contribution in [-0.4, -0.2) is 4.98 Å². The summed E-state index contributed by atoms with van der Waals surface area (Å²) in [6, 6.07) is 18.6. The molecular weight excluding hydrogens is 308 g/mol. The number of furan rings is 1. The van der Waals surface area contributed by atoms with Crippen LogP contribution in [-0.2, 0) is 7.05 Å². The van der Waals surface area contributed by atoms with Crippen molar-refractivity contribution in [3.8, 4) is 11.3 Å². The number of nitrogens with zero attached hydrogens (tertiary/aromatic N) is 2. The van der Waals surface area contributed by atoms with Crippen LogP contribution in [0.25, 0.3) is 44.1 Å². The van der Waals surface area contributed by atoms with E-state index in [-0.39, 0.29) is 0 Å². The Hall–Kier alpha value is -3.20. The maximum Gasteiger partial charge on any atom is 0.216 e. The molecule has 0 aliphatic heterocycles. The Morgan fingerprint density at radius 1 is 0.920 bits per heavy atom. The lowest BCUT2D eigenvalue weighted by Crippen LogP contribution is -2.30. The van der Waals surface area contributed by atoms with Crippen LogP contribution in [0.4, 0.5) is 0 Å². The molecule has 0 aliphatic rings. The molecule has 0 fully saturated rings. The number of benzene rings is 2. The summed E-state index contributed by atoms with van der Waals surface area (Å²) in [5.74, 6) is 0. The molecule has 0 unspecified atom stereocenters. The Balaban J connectivity index is 2.10. The number of aromatic nitrogens is 2. The summed E-state index contributed by atoms with van der Waals surface area (Å²) < 4.78 is 8.47. The van der Waals surface area contributed by atoms with Crippen LogP contribution in [0.3, 0.4) is 0 Å². The Labute approximate surface area is 145 Å². The van der Waals surface area contributed by atoms with E-state index in [1.807, 2.05) is 30.5 Å². The summed E-state index contributed by atoms with van der Waals surface area (Å²) in [4.78, 5) is 4.68. The van der Waals surface area contributed by atoms with E-state index >= 15 is 0 Å². The number of para-hydroxylation sites is 1. The van der Waals surface area contributed by atoms with E-state index in [1.54, 1.807) is 0 Å². The van der Waals surface area contributed by atoms with Crippen LogP contribution in [0.15, 0.2) is 71.4 Å². The van der Waals surface area contributed by atoms with E-state index in [2.05, 4.69) is 60.1 Å². The molecule has 3 heteroatoms. The van der Waals surface area contributed by atoms with Crippen molar-refractivity contribution < 1.29 is 8.98 Å². The smallest absolute Gasteiger partial charge is 0.216 e. The highest BCUT2D eigenvalue weighted by Gasteiger charge is 2.23. The summed E-state index contributed by atoms with van der Waals surface area (Å²) in [5, 5.41) is 3.42. The molecule has 0 bridgehead atoms. The Bertz CT molecular complexity index is 1270. The molecule has 0 saturated heterocycles. The van der Waals surface area contributed by atoms with Gasteiger partial charge in [0.1, 0.15) is 18.2 Å². The predicted octanol–water partition coefficient (Wildman–Crippen LogP) is 4.93. The molecule has 0 spiro atoms. The standard InChI is InChI=1S/C22H17N2O/c1-14-19(17-10-5-6-13-24(17)2)22-20(16-9-7-12-23-21(14)16)15-8-3-4-11-18(15)25-22/h3-13H,1-2H3/q+1. The second-order valence-corrected chi connectivity index (χ2v) is 6.40. The van der Waals surface area contributed by atoms with Crippen molar-refractivity contribution >= 4 is 32.8 Å². The van der Waals surface area contributed by atoms with Crippen molar-refractivity contribution in [1.82, 2.24) is 4.98 Å². The molecule has 0 amide bonds. The molecule has 0 saturated carbocycles. The van der Waals surface area contributed by atoms with E-state index in [4.69, 9.17) is 4.42 Å². The fraction of sp³-hybridized carbons (Fsp3) is 0.0909. The highest BCUT2D eigenvalue weighted by Crippen LogP contribution is 2.41. The maximum atomic E-state index is 6.34. The second kappa shape index (κ2) is 5.15. The molecule has 25 heavy (non-hydrogen) atoms. The van der Waals surface area contributed by atoms with Gasteiger partial charge in [-0.25, -0.2) is 4.57 Å². The third kappa shape index (κ3) is 1.92. The highest BCUT2D eigenvalue weighted by molar-refractivity contribution is 6.22. The van der Waals surface area contributed by atoms with Gasteiger partial charge in [0.05, 0.1) is 11.1 Å². The maximum absolute atomic E-state index is 6.34. The predicted molar refractivity (Wildman–Crippen MR) is 100 cm³/mol. The first-order valence-corrected chi connectivity index (χ1v) is 8.39. The van der Waals surface area contributed by atoms with E-state index in [0.29, 0.717) is 0 Å². The lowest BCUT2D eigenvalue weighted by atomic mass is 9.96. The van der Waals surface area contributed by atoms with Gasteiger partial charge in [-0.15, -0.1) is 0 Å². The molecule has 120 valence electrons. The van der Waals surface area contributed by atoms with Gasteiger partial charge in [0.15, 0.2) is 6.20 Å². The first kappa shape index (κ1) is 14.2. The zero-order chi connectivity index (χ0) is 17.0. The third-order valence-corrected chi connectivity index (χ3v) is 4.94. The third-order valence-electron chi connectivity index (χ3n) is 4.94. The summed E-state index contributed by atoms with van der Waals surface area (Å²) in [6.45, 7) is 2.13. The van der Waals surface area contributed by atoms with Crippen LogP contribution in [0.1, 0.15) is 5.56 Å². The summed E-state index contributed by atoms with van der Waals surface area (Å²) >= 11 is 0. The molecule has 3 nitrogen and oxygen atoms in total. The van der Waals surface area contributed by atoms with Gasteiger partial charge in [0, 0.05) is 34.5 Å². The van der Waals surface area contributed by atoms with Crippen molar-refractivity contribution in [3.05, 3.63) is 72.6 Å². The van der Waals surface area contributed by atoms with Crippen LogP contribution in [0, 0.1) is 6.92 Å². The minimum absolute atomic E-state index is 0.910. The fourth-order valence-electron chi connectivity index (χ4n) is 3.77. The molecule has 2 aromatic carbocycles. The van der Waals surface area contributed by atoms with Crippen molar-refractivity contribution in [2.45, 2.75) is 6.92 Å². The average Bonchev–Trinajstić information content (AvgIpc) is 3.02. The van der Waals surface area contributed by atoms with E-state index in [0.717, 1.165) is 49.7 Å². The van der Waals surface area contributed by atoms with Gasteiger partial charge >= 0.3 is 0 Å². The van der Waals surface area contributed by atoms with Gasteiger partial charge in [0.25, 0.3) is 0 Å². The van der Waals surface area contributed by atoms with E-state index < -0.39 is 0 Å². The van der Waals surface area contributed by atoms with Gasteiger partial charge in [-0.3, -0.25) is 4.98 Å². The number of hydrogen-bond donors (Lipinski definition) is 0. The largest absolute Gasteiger partial charge is 0.455 e. The monoisotopic (exact) mass is 325 g/mol. The quantitative estimate of drug-likeness (QED) is 0.409. The van der Waals surface area contributed by atoms with E-state index in [1.165, 1.54) is 0 Å². The number of rotatable bonds is 1. The molecule has 0 N–H and O–H groups in total. The van der Waals surface area contributed by atoms with Gasteiger partial charge in [0.2, 0.25) is 5.69 Å². The first-order valence-electron chi connectivity index (χ1n) is 8.39. The van der Waals surface area contributed by atoms with E-state index in [9.17, 15) is 0 Å². The molecule has 5 aromatic rings. The zero-order valence-corrected chi connectivity index (χ0v) is 14.2. The van der Waals surface area contributed by atoms with Crippen molar-refractivity contribution in [2.75, 3.05) is 0 Å². The minimum Gasteiger partial charge on any atom is -0.455 e. The molecule has 3 aromatic heterocycles. The van der Waals surface area contributed by atoms with Crippen LogP contribution < -0.4 is 4.57 Å². The molecular formula is C22H17N2O+. The Kier molecular flexibility index (Phi) is 2.92. The zero-order valence-electron chi connectivity index (χ0n) is 14.2. The molecule has 0 atom stereocenters. The average molecular weight is 325 g/mol. The summed E-state index contributed by atoms with van der Waals surface area (Å²) in [5.41, 5.74) is 6.25. The normalized spacial score (nSPS) is 11.6. The van der Waals surface area contributed by atoms with Gasteiger partial charge in [-0.1, -0.05) is 24.3 Å². The molecule has 5 rings (SSSR count). The molecule has 0 radical (unpaired) electrons. The van der Waals surface area contributed by atoms with Crippen molar-refractivity contribution in [3.63, 3.8) is 0 Å². The molecule has 3 heterocycles. The number of fused-ring (bicyclic) bond motifs is 5. The Morgan fingerprint density at radius 3 is 2.60 bits per heavy atom.